The number of likely N-dealkylation sites (tertiary alicyclic amines) is 1. The number of aromatic carboxylic acids is 1. The number of guanidine groups is 1. The Morgan fingerprint density at radius 3 is 2.51 bits per heavy atom. The van der Waals surface area contributed by atoms with Gasteiger partial charge in [0, 0.05) is 25.6 Å². The highest BCUT2D eigenvalue weighted by Crippen LogP contribution is 2.31. The van der Waals surface area contributed by atoms with Crippen molar-refractivity contribution in [3.8, 4) is 5.75 Å². The number of carboxylic acids is 1. The summed E-state index contributed by atoms with van der Waals surface area (Å²) in [4.78, 5) is 26.0. The molecular formula is C24H36BN5O5. The Bertz CT molecular complexity index is 931. The molecule has 0 spiro atoms. The summed E-state index contributed by atoms with van der Waals surface area (Å²) in [5.41, 5.74) is 6.25. The molecule has 0 bridgehead atoms. The second kappa shape index (κ2) is 11.3. The zero-order chi connectivity index (χ0) is 24.9. The Hall–Kier alpha value is -2.79. The van der Waals surface area contributed by atoms with Crippen molar-refractivity contribution in [2.75, 3.05) is 19.6 Å². The minimum Gasteiger partial charge on any atom is -0.534 e. The first kappa shape index (κ1) is 25.3. The van der Waals surface area contributed by atoms with Gasteiger partial charge in [0.2, 0.25) is 5.91 Å². The van der Waals surface area contributed by atoms with Crippen molar-refractivity contribution < 1.29 is 24.4 Å². The highest BCUT2D eigenvalue weighted by atomic mass is 16.5. The predicted octanol–water partition coefficient (Wildman–Crippen LogP) is 0.968. The number of rotatable bonds is 7. The van der Waals surface area contributed by atoms with E-state index in [1.165, 1.54) is 6.07 Å². The number of nitrogens with one attached hydrogen (secondary N) is 3. The molecule has 1 atom stereocenters. The molecule has 1 aromatic carbocycles. The summed E-state index contributed by atoms with van der Waals surface area (Å²) in [5.74, 6) is -0.542. The lowest BCUT2D eigenvalue weighted by Gasteiger charge is -2.34. The van der Waals surface area contributed by atoms with E-state index in [2.05, 4.69) is 10.6 Å². The lowest BCUT2D eigenvalue weighted by atomic mass is 9.72. The van der Waals surface area contributed by atoms with Crippen molar-refractivity contribution in [3.05, 3.63) is 29.3 Å². The molecule has 1 aliphatic carbocycles. The number of para-hydroxylation sites is 1. The fourth-order valence-electron chi connectivity index (χ4n) is 5.53. The Labute approximate surface area is 206 Å². The van der Waals surface area contributed by atoms with E-state index in [-0.39, 0.29) is 23.2 Å². The van der Waals surface area contributed by atoms with Gasteiger partial charge in [-0.3, -0.25) is 10.2 Å². The standard InChI is InChI=1S/C24H36BN5O5/c26-24(27)30-10-8-16(9-11-30)14-28-18-6-4-15(5-7-18)12-21(31)29-20-13-17-2-1-3-19(23(32)33)22(17)35-25(20)34/h1-3,15-16,18,20,28,34H,4-14H2,(H3,26,27)(H,29,31)(H,32,33). The first-order valence-corrected chi connectivity index (χ1v) is 12.6. The zero-order valence-corrected chi connectivity index (χ0v) is 20.0. The minimum absolute atomic E-state index is 0.0122. The molecule has 190 valence electrons. The van der Waals surface area contributed by atoms with Crippen LogP contribution in [-0.2, 0) is 11.2 Å². The summed E-state index contributed by atoms with van der Waals surface area (Å²) >= 11 is 0. The van der Waals surface area contributed by atoms with Gasteiger partial charge in [0.1, 0.15) is 5.75 Å². The molecular weight excluding hydrogens is 449 g/mol. The van der Waals surface area contributed by atoms with Crippen LogP contribution in [-0.4, -0.2) is 71.6 Å². The van der Waals surface area contributed by atoms with Gasteiger partial charge in [-0.1, -0.05) is 12.1 Å². The predicted molar refractivity (Wildman–Crippen MR) is 132 cm³/mol. The first-order valence-electron chi connectivity index (χ1n) is 12.6. The fraction of sp³-hybridized carbons (Fsp3) is 0.625. The number of hydrogen-bond donors (Lipinski definition) is 6. The van der Waals surface area contributed by atoms with E-state index >= 15 is 0 Å². The molecule has 3 aliphatic rings. The van der Waals surface area contributed by atoms with Crippen LogP contribution in [0.3, 0.4) is 0 Å². The number of carboxylic acid groups (broad SMARTS) is 1. The Morgan fingerprint density at radius 1 is 1.14 bits per heavy atom. The highest BCUT2D eigenvalue weighted by Gasteiger charge is 2.38. The molecule has 1 aromatic rings. The van der Waals surface area contributed by atoms with E-state index in [0.29, 0.717) is 36.3 Å². The molecule has 1 unspecified atom stereocenters. The highest BCUT2D eigenvalue weighted by molar-refractivity contribution is 6.47. The molecule has 7 N–H and O–H groups in total. The van der Waals surface area contributed by atoms with Gasteiger partial charge >= 0.3 is 13.1 Å². The van der Waals surface area contributed by atoms with Crippen LogP contribution in [0.4, 0.5) is 0 Å². The molecule has 11 heteroatoms. The third kappa shape index (κ3) is 6.46. The monoisotopic (exact) mass is 485 g/mol. The molecule has 2 heterocycles. The average Bonchev–Trinajstić information content (AvgIpc) is 2.84. The van der Waals surface area contributed by atoms with E-state index < -0.39 is 19.0 Å². The van der Waals surface area contributed by atoms with Gasteiger partial charge in [0.15, 0.2) is 5.96 Å². The summed E-state index contributed by atoms with van der Waals surface area (Å²) in [5, 5.41) is 33.8. The molecule has 2 aliphatic heterocycles. The Kier molecular flexibility index (Phi) is 8.17. The van der Waals surface area contributed by atoms with Crippen LogP contribution >= 0.6 is 0 Å². The quantitative estimate of drug-likeness (QED) is 0.189. The topological polar surface area (TPSA) is 161 Å². The van der Waals surface area contributed by atoms with E-state index in [9.17, 15) is 19.7 Å². The van der Waals surface area contributed by atoms with E-state index in [1.807, 2.05) is 4.90 Å². The Balaban J connectivity index is 1.17. The second-order valence-corrected chi connectivity index (χ2v) is 10.1. The summed E-state index contributed by atoms with van der Waals surface area (Å²) < 4.78 is 5.47. The van der Waals surface area contributed by atoms with Gasteiger partial charge in [0.25, 0.3) is 0 Å². The maximum atomic E-state index is 12.7. The van der Waals surface area contributed by atoms with Gasteiger partial charge < -0.3 is 36.1 Å². The largest absolute Gasteiger partial charge is 0.547 e. The molecule has 10 nitrogen and oxygen atoms in total. The van der Waals surface area contributed by atoms with Gasteiger partial charge in [-0.05, 0) is 75.0 Å². The van der Waals surface area contributed by atoms with E-state index in [1.54, 1.807) is 12.1 Å². The van der Waals surface area contributed by atoms with Crippen LogP contribution < -0.4 is 21.0 Å². The van der Waals surface area contributed by atoms with Crippen molar-refractivity contribution in [1.82, 2.24) is 15.5 Å². The van der Waals surface area contributed by atoms with Crippen LogP contribution in [0.25, 0.3) is 0 Å². The summed E-state index contributed by atoms with van der Waals surface area (Å²) in [7, 11) is -1.28. The van der Waals surface area contributed by atoms with E-state index in [0.717, 1.165) is 58.2 Å². The fourth-order valence-corrected chi connectivity index (χ4v) is 5.53. The van der Waals surface area contributed by atoms with Crippen molar-refractivity contribution in [1.29, 1.82) is 5.41 Å². The van der Waals surface area contributed by atoms with Crippen LogP contribution in [0.15, 0.2) is 18.2 Å². The smallest absolute Gasteiger partial charge is 0.534 e. The number of amides is 1. The third-order valence-corrected chi connectivity index (χ3v) is 7.67. The number of benzene rings is 1. The van der Waals surface area contributed by atoms with Crippen LogP contribution in [0.5, 0.6) is 5.75 Å². The molecule has 1 saturated carbocycles. The van der Waals surface area contributed by atoms with Crippen molar-refractivity contribution in [2.45, 2.75) is 63.3 Å². The van der Waals surface area contributed by atoms with Gasteiger partial charge in [-0.15, -0.1) is 0 Å². The normalized spacial score (nSPS) is 24.9. The van der Waals surface area contributed by atoms with Gasteiger partial charge in [0.05, 0.1) is 11.5 Å². The number of hydrogen-bond acceptors (Lipinski definition) is 6. The average molecular weight is 485 g/mol. The number of piperidine rings is 1. The van der Waals surface area contributed by atoms with E-state index in [4.69, 9.17) is 15.8 Å². The number of carbonyl (C=O) groups excluding carboxylic acids is 1. The molecule has 1 saturated heterocycles. The summed E-state index contributed by atoms with van der Waals surface area (Å²) in [6, 6.07) is 5.32. The van der Waals surface area contributed by atoms with Gasteiger partial charge in [-0.25, -0.2) is 4.79 Å². The van der Waals surface area contributed by atoms with Crippen LogP contribution in [0.2, 0.25) is 0 Å². The molecule has 0 aromatic heterocycles. The SMILES string of the molecule is N=C(N)N1CCC(CNC2CCC(CC(=O)NC3Cc4cccc(C(=O)O)c4OB3O)CC2)CC1. The third-order valence-electron chi connectivity index (χ3n) is 7.67. The van der Waals surface area contributed by atoms with Crippen molar-refractivity contribution in [2.24, 2.45) is 17.6 Å². The molecule has 2 fully saturated rings. The zero-order valence-electron chi connectivity index (χ0n) is 20.0. The molecule has 0 radical (unpaired) electrons. The number of nitrogens with zero attached hydrogens (tertiary/aromatic N) is 1. The maximum Gasteiger partial charge on any atom is 0.547 e. The van der Waals surface area contributed by atoms with Gasteiger partial charge in [-0.2, -0.15) is 0 Å². The Morgan fingerprint density at radius 2 is 1.86 bits per heavy atom. The summed E-state index contributed by atoms with van der Waals surface area (Å²) in [6.07, 6.45) is 6.93. The minimum atomic E-state index is -1.28. The first-order chi connectivity index (χ1) is 16.8. The molecule has 1 amide bonds. The summed E-state index contributed by atoms with van der Waals surface area (Å²) in [6.45, 7) is 2.71. The molecule has 4 rings (SSSR count). The number of fused-ring (bicyclic) bond motifs is 1. The maximum absolute atomic E-state index is 12.7. The number of carbonyl (C=O) groups is 2. The van der Waals surface area contributed by atoms with Crippen LogP contribution in [0.1, 0.15) is 60.9 Å². The van der Waals surface area contributed by atoms with Crippen molar-refractivity contribution >= 4 is 25.0 Å². The lowest BCUT2D eigenvalue weighted by Crippen LogP contribution is -2.53. The molecule has 35 heavy (non-hydrogen) atoms. The second-order valence-electron chi connectivity index (χ2n) is 10.1. The lowest BCUT2D eigenvalue weighted by molar-refractivity contribution is -0.122. The van der Waals surface area contributed by atoms with Crippen LogP contribution in [0, 0.1) is 17.2 Å². The van der Waals surface area contributed by atoms with Crippen molar-refractivity contribution in [3.63, 3.8) is 0 Å². The number of nitrogens with two attached hydrogens (primary N) is 1.